The van der Waals surface area contributed by atoms with Crippen LogP contribution in [0.4, 0.5) is 0 Å². The molecular weight excluding hydrogens is 226 g/mol. The highest BCUT2D eigenvalue weighted by Gasteiger charge is 2.39. The molecule has 18 heavy (non-hydrogen) atoms. The summed E-state index contributed by atoms with van der Waals surface area (Å²) in [5.74, 6) is -0.258. The van der Waals surface area contributed by atoms with Gasteiger partial charge in [0.2, 0.25) is 0 Å². The highest BCUT2D eigenvalue weighted by Crippen LogP contribution is 2.30. The first-order valence-corrected chi connectivity index (χ1v) is 6.53. The molecule has 1 heterocycles. The zero-order valence-electron chi connectivity index (χ0n) is 12.1. The van der Waals surface area contributed by atoms with Crippen molar-refractivity contribution >= 4 is 5.97 Å². The SMILES string of the molecule is C/C=C/C=C/C(=O)OC1CC(C)(C)NC(C)(C)C1. The van der Waals surface area contributed by atoms with Crippen LogP contribution in [0.2, 0.25) is 0 Å². The molecule has 102 valence electrons. The number of piperidine rings is 1. The Labute approximate surface area is 110 Å². The Morgan fingerprint density at radius 1 is 1.17 bits per heavy atom. The van der Waals surface area contributed by atoms with Crippen molar-refractivity contribution < 1.29 is 9.53 Å². The van der Waals surface area contributed by atoms with Gasteiger partial charge in [-0.3, -0.25) is 0 Å². The van der Waals surface area contributed by atoms with E-state index in [4.69, 9.17) is 4.74 Å². The summed E-state index contributed by atoms with van der Waals surface area (Å²) in [6, 6.07) is 0. The van der Waals surface area contributed by atoms with Gasteiger partial charge in [0.25, 0.3) is 0 Å². The second-order valence-electron chi connectivity index (χ2n) is 6.24. The number of hydrogen-bond donors (Lipinski definition) is 1. The van der Waals surface area contributed by atoms with Gasteiger partial charge < -0.3 is 10.1 Å². The number of nitrogens with one attached hydrogen (secondary N) is 1. The number of carbonyl (C=O) groups excluding carboxylic acids is 1. The molecule has 1 saturated heterocycles. The number of esters is 1. The standard InChI is InChI=1S/C15H25NO2/c1-6-7-8-9-13(17)18-12-10-14(2,3)16-15(4,5)11-12/h6-9,12,16H,10-11H2,1-5H3/b7-6+,9-8+. The third-order valence-corrected chi connectivity index (χ3v) is 2.97. The number of hydrogen-bond acceptors (Lipinski definition) is 3. The van der Waals surface area contributed by atoms with E-state index in [-0.39, 0.29) is 23.2 Å². The predicted molar refractivity (Wildman–Crippen MR) is 74.4 cm³/mol. The number of carbonyl (C=O) groups is 1. The zero-order chi connectivity index (χ0) is 13.8. The minimum Gasteiger partial charge on any atom is -0.459 e. The molecular formula is C15H25NO2. The van der Waals surface area contributed by atoms with E-state index in [2.05, 4.69) is 33.0 Å². The third-order valence-electron chi connectivity index (χ3n) is 2.97. The second-order valence-corrected chi connectivity index (χ2v) is 6.24. The fourth-order valence-electron chi connectivity index (χ4n) is 2.76. The van der Waals surface area contributed by atoms with Crippen molar-refractivity contribution in [2.45, 2.75) is 64.6 Å². The summed E-state index contributed by atoms with van der Waals surface area (Å²) in [4.78, 5) is 11.6. The molecule has 1 N–H and O–H groups in total. The summed E-state index contributed by atoms with van der Waals surface area (Å²) in [6.45, 7) is 10.5. The van der Waals surface area contributed by atoms with Gasteiger partial charge in [-0.15, -0.1) is 0 Å². The monoisotopic (exact) mass is 251 g/mol. The van der Waals surface area contributed by atoms with E-state index in [0.717, 1.165) is 12.8 Å². The molecule has 1 fully saturated rings. The molecule has 0 aromatic heterocycles. The van der Waals surface area contributed by atoms with Crippen molar-refractivity contribution in [1.29, 1.82) is 0 Å². The van der Waals surface area contributed by atoms with E-state index in [9.17, 15) is 4.79 Å². The molecule has 1 aliphatic heterocycles. The van der Waals surface area contributed by atoms with Crippen molar-refractivity contribution in [3.05, 3.63) is 24.3 Å². The smallest absolute Gasteiger partial charge is 0.331 e. The van der Waals surface area contributed by atoms with Crippen molar-refractivity contribution in [3.63, 3.8) is 0 Å². The topological polar surface area (TPSA) is 38.3 Å². The average Bonchev–Trinajstić information content (AvgIpc) is 2.12. The first kappa shape index (κ1) is 15.0. The zero-order valence-corrected chi connectivity index (χ0v) is 12.1. The molecule has 0 aromatic carbocycles. The summed E-state index contributed by atoms with van der Waals surface area (Å²) in [6.07, 6.45) is 8.55. The van der Waals surface area contributed by atoms with Gasteiger partial charge >= 0.3 is 5.97 Å². The lowest BCUT2D eigenvalue weighted by Crippen LogP contribution is -2.59. The lowest BCUT2D eigenvalue weighted by Gasteiger charge is -2.45. The molecule has 0 aromatic rings. The van der Waals surface area contributed by atoms with E-state index in [1.54, 1.807) is 6.08 Å². The van der Waals surface area contributed by atoms with E-state index in [0.29, 0.717) is 0 Å². The molecule has 1 aliphatic rings. The predicted octanol–water partition coefficient (Wildman–Crippen LogP) is 2.97. The molecule has 1 rings (SSSR count). The summed E-state index contributed by atoms with van der Waals surface area (Å²) in [5.41, 5.74) is -0.000531. The fraction of sp³-hybridized carbons (Fsp3) is 0.667. The van der Waals surface area contributed by atoms with Crippen LogP contribution >= 0.6 is 0 Å². The van der Waals surface area contributed by atoms with Crippen LogP contribution in [0.25, 0.3) is 0 Å². The Bertz CT molecular complexity index is 338. The van der Waals surface area contributed by atoms with E-state index >= 15 is 0 Å². The van der Waals surface area contributed by atoms with Crippen LogP contribution in [0, 0.1) is 0 Å². The lowest BCUT2D eigenvalue weighted by atomic mass is 9.81. The Hall–Kier alpha value is -1.09. The minimum atomic E-state index is -0.258. The van der Waals surface area contributed by atoms with E-state index in [1.807, 2.05) is 19.1 Å². The molecule has 3 heteroatoms. The molecule has 0 aliphatic carbocycles. The van der Waals surface area contributed by atoms with E-state index in [1.165, 1.54) is 6.08 Å². The Balaban J connectivity index is 2.59. The second kappa shape index (κ2) is 5.70. The maximum Gasteiger partial charge on any atom is 0.331 e. The van der Waals surface area contributed by atoms with Crippen LogP contribution in [-0.4, -0.2) is 23.2 Å². The van der Waals surface area contributed by atoms with Gasteiger partial charge in [0.1, 0.15) is 6.10 Å². The summed E-state index contributed by atoms with van der Waals surface area (Å²) < 4.78 is 5.51. The highest BCUT2D eigenvalue weighted by atomic mass is 16.5. The third kappa shape index (κ3) is 5.05. The van der Waals surface area contributed by atoms with Gasteiger partial charge in [-0.1, -0.05) is 18.2 Å². The summed E-state index contributed by atoms with van der Waals surface area (Å²) in [7, 11) is 0. The van der Waals surface area contributed by atoms with Crippen LogP contribution in [-0.2, 0) is 9.53 Å². The van der Waals surface area contributed by atoms with Gasteiger partial charge in [-0.25, -0.2) is 4.79 Å². The Morgan fingerprint density at radius 3 is 2.22 bits per heavy atom. The fourth-order valence-corrected chi connectivity index (χ4v) is 2.76. The molecule has 0 bridgehead atoms. The molecule has 0 atom stereocenters. The van der Waals surface area contributed by atoms with Gasteiger partial charge in [0, 0.05) is 30.0 Å². The number of rotatable bonds is 3. The summed E-state index contributed by atoms with van der Waals surface area (Å²) in [5, 5.41) is 3.57. The number of allylic oxidation sites excluding steroid dienone is 3. The van der Waals surface area contributed by atoms with Crippen LogP contribution in [0.5, 0.6) is 0 Å². The Kier molecular flexibility index (Phi) is 4.74. The first-order valence-electron chi connectivity index (χ1n) is 6.53. The quantitative estimate of drug-likeness (QED) is 0.476. The normalized spacial score (nSPS) is 23.6. The molecule has 0 spiro atoms. The average molecular weight is 251 g/mol. The molecule has 0 radical (unpaired) electrons. The number of ether oxygens (including phenoxy) is 1. The van der Waals surface area contributed by atoms with E-state index < -0.39 is 0 Å². The lowest BCUT2D eigenvalue weighted by molar-refractivity contribution is -0.147. The molecule has 3 nitrogen and oxygen atoms in total. The van der Waals surface area contributed by atoms with Crippen LogP contribution in [0.1, 0.15) is 47.5 Å². The molecule has 0 saturated carbocycles. The van der Waals surface area contributed by atoms with Gasteiger partial charge in [-0.05, 0) is 34.6 Å². The summed E-state index contributed by atoms with van der Waals surface area (Å²) >= 11 is 0. The van der Waals surface area contributed by atoms with Crippen LogP contribution in [0.15, 0.2) is 24.3 Å². The van der Waals surface area contributed by atoms with Crippen LogP contribution < -0.4 is 5.32 Å². The maximum atomic E-state index is 11.6. The molecule has 0 unspecified atom stereocenters. The Morgan fingerprint density at radius 2 is 1.72 bits per heavy atom. The van der Waals surface area contributed by atoms with Gasteiger partial charge in [0.05, 0.1) is 0 Å². The van der Waals surface area contributed by atoms with Crippen LogP contribution in [0.3, 0.4) is 0 Å². The highest BCUT2D eigenvalue weighted by molar-refractivity contribution is 5.82. The van der Waals surface area contributed by atoms with Gasteiger partial charge in [-0.2, -0.15) is 0 Å². The van der Waals surface area contributed by atoms with Gasteiger partial charge in [0.15, 0.2) is 0 Å². The molecule has 0 amide bonds. The largest absolute Gasteiger partial charge is 0.459 e. The minimum absolute atomic E-state index is 0.000266. The van der Waals surface area contributed by atoms with Crippen molar-refractivity contribution in [1.82, 2.24) is 5.32 Å². The van der Waals surface area contributed by atoms with Crippen molar-refractivity contribution in [2.24, 2.45) is 0 Å². The van der Waals surface area contributed by atoms with Crippen molar-refractivity contribution in [3.8, 4) is 0 Å². The first-order chi connectivity index (χ1) is 8.24. The van der Waals surface area contributed by atoms with Crippen molar-refractivity contribution in [2.75, 3.05) is 0 Å². The maximum absolute atomic E-state index is 11.6.